The van der Waals surface area contributed by atoms with Crippen molar-refractivity contribution in [3.63, 3.8) is 0 Å². The highest BCUT2D eigenvalue weighted by Crippen LogP contribution is 2.36. The molecule has 0 bridgehead atoms. The predicted octanol–water partition coefficient (Wildman–Crippen LogP) is 4.94. The van der Waals surface area contributed by atoms with Gasteiger partial charge in [-0.3, -0.25) is 4.79 Å². The molecule has 3 rings (SSSR count). The maximum atomic E-state index is 13.7. The van der Waals surface area contributed by atoms with Gasteiger partial charge in [0.1, 0.15) is 16.5 Å². The summed E-state index contributed by atoms with van der Waals surface area (Å²) >= 11 is 7.09. The second kappa shape index (κ2) is 7.39. The fraction of sp³-hybridized carbons (Fsp3) is 0.111. The van der Waals surface area contributed by atoms with Crippen LogP contribution in [0.25, 0.3) is 10.1 Å². The lowest BCUT2D eigenvalue weighted by Crippen LogP contribution is -2.21. The van der Waals surface area contributed by atoms with Crippen molar-refractivity contribution < 1.29 is 23.1 Å². The number of thiophene rings is 1. The highest BCUT2D eigenvalue weighted by molar-refractivity contribution is 7.21. The first-order chi connectivity index (χ1) is 12.3. The van der Waals surface area contributed by atoms with Crippen molar-refractivity contribution in [2.45, 2.75) is 6.92 Å². The van der Waals surface area contributed by atoms with Crippen LogP contribution in [0.5, 0.6) is 0 Å². The summed E-state index contributed by atoms with van der Waals surface area (Å²) in [5, 5.41) is 2.99. The molecule has 0 saturated heterocycles. The van der Waals surface area contributed by atoms with Crippen molar-refractivity contribution in [2.75, 3.05) is 11.9 Å². The molecule has 1 heterocycles. The van der Waals surface area contributed by atoms with Gasteiger partial charge in [0, 0.05) is 10.1 Å². The Bertz CT molecular complexity index is 1020. The molecule has 0 spiro atoms. The number of hydrogen-bond acceptors (Lipinski definition) is 4. The Morgan fingerprint density at radius 1 is 1.19 bits per heavy atom. The van der Waals surface area contributed by atoms with Gasteiger partial charge in [-0.05, 0) is 42.8 Å². The van der Waals surface area contributed by atoms with Gasteiger partial charge in [-0.2, -0.15) is 0 Å². The molecule has 0 aliphatic carbocycles. The quantitative estimate of drug-likeness (QED) is 0.637. The fourth-order valence-electron chi connectivity index (χ4n) is 2.27. The van der Waals surface area contributed by atoms with E-state index in [9.17, 15) is 18.4 Å². The van der Waals surface area contributed by atoms with E-state index in [0.717, 1.165) is 11.3 Å². The van der Waals surface area contributed by atoms with E-state index in [1.54, 1.807) is 13.0 Å². The molecule has 1 aromatic heterocycles. The summed E-state index contributed by atoms with van der Waals surface area (Å²) in [4.78, 5) is 24.1. The second-order valence-electron chi connectivity index (χ2n) is 5.49. The first-order valence-electron chi connectivity index (χ1n) is 7.46. The van der Waals surface area contributed by atoms with Crippen LogP contribution in [0.3, 0.4) is 0 Å². The fourth-order valence-corrected chi connectivity index (χ4v) is 3.70. The zero-order valence-electron chi connectivity index (χ0n) is 13.4. The zero-order valence-corrected chi connectivity index (χ0v) is 15.0. The average Bonchev–Trinajstić information content (AvgIpc) is 2.91. The molecule has 134 valence electrons. The molecule has 0 fully saturated rings. The molecule has 0 aliphatic rings. The molecule has 8 heteroatoms. The largest absolute Gasteiger partial charge is 0.451 e. The van der Waals surface area contributed by atoms with Crippen LogP contribution in [0.4, 0.5) is 14.5 Å². The molecule has 0 radical (unpaired) electrons. The van der Waals surface area contributed by atoms with Crippen LogP contribution in [0.2, 0.25) is 5.02 Å². The van der Waals surface area contributed by atoms with E-state index in [-0.39, 0.29) is 15.6 Å². The summed E-state index contributed by atoms with van der Waals surface area (Å²) in [5.74, 6) is -2.53. The van der Waals surface area contributed by atoms with E-state index < -0.39 is 30.1 Å². The molecular weight excluding hydrogens is 384 g/mol. The molecule has 2 aromatic carbocycles. The number of carbonyl (C=O) groups is 2. The summed E-state index contributed by atoms with van der Waals surface area (Å²) in [7, 11) is 0. The van der Waals surface area contributed by atoms with Gasteiger partial charge in [0.05, 0.1) is 10.7 Å². The minimum atomic E-state index is -0.809. The number of esters is 1. The third-order valence-corrected chi connectivity index (χ3v) is 5.15. The van der Waals surface area contributed by atoms with Crippen LogP contribution < -0.4 is 5.32 Å². The van der Waals surface area contributed by atoms with E-state index in [1.165, 1.54) is 30.3 Å². The molecule has 0 unspecified atom stereocenters. The first-order valence-corrected chi connectivity index (χ1v) is 8.65. The third-order valence-electron chi connectivity index (χ3n) is 3.51. The molecule has 4 nitrogen and oxygen atoms in total. The van der Waals surface area contributed by atoms with Gasteiger partial charge in [0.25, 0.3) is 5.91 Å². The summed E-state index contributed by atoms with van der Waals surface area (Å²) in [5.41, 5.74) is 0.704. The average molecular weight is 396 g/mol. The third kappa shape index (κ3) is 3.84. The topological polar surface area (TPSA) is 55.4 Å². The van der Waals surface area contributed by atoms with Gasteiger partial charge < -0.3 is 10.1 Å². The van der Waals surface area contributed by atoms with Gasteiger partial charge in [0.15, 0.2) is 6.61 Å². The first kappa shape index (κ1) is 18.3. The van der Waals surface area contributed by atoms with Gasteiger partial charge >= 0.3 is 5.97 Å². The number of ether oxygens (including phenoxy) is 1. The highest BCUT2D eigenvalue weighted by atomic mass is 35.5. The number of aryl methyl sites for hydroxylation is 1. The lowest BCUT2D eigenvalue weighted by molar-refractivity contribution is -0.119. The van der Waals surface area contributed by atoms with Crippen molar-refractivity contribution in [1.29, 1.82) is 0 Å². The number of carbonyl (C=O) groups excluding carboxylic acids is 2. The van der Waals surface area contributed by atoms with Crippen LogP contribution in [0.15, 0.2) is 36.4 Å². The monoisotopic (exact) mass is 395 g/mol. The molecular formula is C18H12ClF2NO3S. The van der Waals surface area contributed by atoms with Gasteiger partial charge in [-0.15, -0.1) is 11.3 Å². The predicted molar refractivity (Wildman–Crippen MR) is 96.8 cm³/mol. The molecule has 26 heavy (non-hydrogen) atoms. The van der Waals surface area contributed by atoms with Crippen molar-refractivity contribution in [2.24, 2.45) is 0 Å². The van der Waals surface area contributed by atoms with Gasteiger partial charge in [0.2, 0.25) is 0 Å². The van der Waals surface area contributed by atoms with E-state index in [0.29, 0.717) is 15.6 Å². The normalized spacial score (nSPS) is 10.8. The van der Waals surface area contributed by atoms with E-state index >= 15 is 0 Å². The van der Waals surface area contributed by atoms with Crippen LogP contribution >= 0.6 is 22.9 Å². The molecule has 3 aromatic rings. The lowest BCUT2D eigenvalue weighted by Gasteiger charge is -2.07. The zero-order chi connectivity index (χ0) is 18.8. The Balaban J connectivity index is 1.67. The Kier molecular flexibility index (Phi) is 5.20. The minimum absolute atomic E-state index is 0.00739. The van der Waals surface area contributed by atoms with Crippen molar-refractivity contribution in [3.05, 3.63) is 63.5 Å². The number of fused-ring (bicyclic) bond motifs is 1. The van der Waals surface area contributed by atoms with Crippen LogP contribution in [-0.2, 0) is 9.53 Å². The Labute approximate surface area is 156 Å². The van der Waals surface area contributed by atoms with E-state index in [4.69, 9.17) is 16.3 Å². The van der Waals surface area contributed by atoms with Gasteiger partial charge in [-0.25, -0.2) is 13.6 Å². The number of benzene rings is 2. The minimum Gasteiger partial charge on any atom is -0.451 e. The summed E-state index contributed by atoms with van der Waals surface area (Å²) in [6.45, 7) is 1.11. The van der Waals surface area contributed by atoms with Crippen LogP contribution in [0, 0.1) is 18.6 Å². The molecule has 1 amide bonds. The van der Waals surface area contributed by atoms with Crippen molar-refractivity contribution in [3.8, 4) is 0 Å². The van der Waals surface area contributed by atoms with Crippen molar-refractivity contribution in [1.82, 2.24) is 0 Å². The molecule has 0 saturated carbocycles. The van der Waals surface area contributed by atoms with E-state index in [2.05, 4.69) is 5.32 Å². The molecule has 1 N–H and O–H groups in total. The smallest absolute Gasteiger partial charge is 0.350 e. The van der Waals surface area contributed by atoms with Gasteiger partial charge in [-0.1, -0.05) is 17.7 Å². The standard InChI is InChI=1S/C18H12ClF2NO3S/c1-9-2-5-13(12(21)6-9)22-15(23)8-25-18(24)17-16(19)11-4-3-10(20)7-14(11)26-17/h2-7H,8H2,1H3,(H,22,23). The van der Waals surface area contributed by atoms with Crippen LogP contribution in [-0.4, -0.2) is 18.5 Å². The Hall–Kier alpha value is -2.51. The maximum Gasteiger partial charge on any atom is 0.350 e. The summed E-state index contributed by atoms with van der Waals surface area (Å²) in [6.07, 6.45) is 0. The number of rotatable bonds is 4. The maximum absolute atomic E-state index is 13.7. The Morgan fingerprint density at radius 2 is 1.96 bits per heavy atom. The second-order valence-corrected chi connectivity index (χ2v) is 6.92. The SMILES string of the molecule is Cc1ccc(NC(=O)COC(=O)c2sc3cc(F)ccc3c2Cl)c(F)c1. The number of nitrogens with one attached hydrogen (secondary N) is 1. The van der Waals surface area contributed by atoms with E-state index in [1.807, 2.05) is 0 Å². The number of amides is 1. The highest BCUT2D eigenvalue weighted by Gasteiger charge is 2.20. The number of anilines is 1. The summed E-state index contributed by atoms with van der Waals surface area (Å²) < 4.78 is 32.4. The summed E-state index contributed by atoms with van der Waals surface area (Å²) in [6, 6.07) is 8.29. The van der Waals surface area contributed by atoms with Crippen molar-refractivity contribution >= 4 is 50.6 Å². The molecule has 0 aliphatic heterocycles. The Morgan fingerprint density at radius 3 is 2.69 bits per heavy atom. The lowest BCUT2D eigenvalue weighted by atomic mass is 10.2. The number of halogens is 3. The molecule has 0 atom stereocenters. The number of hydrogen-bond donors (Lipinski definition) is 1. The van der Waals surface area contributed by atoms with Crippen LogP contribution in [0.1, 0.15) is 15.2 Å².